The van der Waals surface area contributed by atoms with Crippen LogP contribution in [-0.4, -0.2) is 22.8 Å². The molecule has 124 valence electrons. The van der Waals surface area contributed by atoms with E-state index in [0.29, 0.717) is 6.42 Å². The molecule has 1 amide bonds. The number of rotatable bonds is 6. The van der Waals surface area contributed by atoms with Crippen molar-refractivity contribution in [1.82, 2.24) is 9.88 Å². The third kappa shape index (κ3) is 3.21. The van der Waals surface area contributed by atoms with Gasteiger partial charge in [-0.15, -0.1) is 0 Å². The van der Waals surface area contributed by atoms with E-state index >= 15 is 0 Å². The van der Waals surface area contributed by atoms with Gasteiger partial charge in [0.1, 0.15) is 0 Å². The molecule has 1 aromatic heterocycles. The predicted octanol–water partition coefficient (Wildman–Crippen LogP) is 4.91. The Morgan fingerprint density at radius 3 is 2.54 bits per heavy atom. The summed E-state index contributed by atoms with van der Waals surface area (Å²) < 4.78 is 0. The number of amides is 1. The third-order valence-corrected chi connectivity index (χ3v) is 4.56. The monoisotopic (exact) mass is 320 g/mol. The van der Waals surface area contributed by atoms with E-state index in [-0.39, 0.29) is 11.9 Å². The first-order chi connectivity index (χ1) is 11.7. The molecular formula is C21H24N2O. The van der Waals surface area contributed by atoms with Gasteiger partial charge in [-0.25, -0.2) is 0 Å². The van der Waals surface area contributed by atoms with Crippen LogP contribution in [0.5, 0.6) is 0 Å². The first kappa shape index (κ1) is 16.3. The average Bonchev–Trinajstić information content (AvgIpc) is 3.05. The summed E-state index contributed by atoms with van der Waals surface area (Å²) in [6.07, 6.45) is 4.59. The molecule has 0 aliphatic rings. The van der Waals surface area contributed by atoms with Crippen molar-refractivity contribution in [2.75, 3.05) is 7.05 Å². The van der Waals surface area contributed by atoms with Gasteiger partial charge in [0.05, 0.1) is 6.04 Å². The van der Waals surface area contributed by atoms with Crippen LogP contribution in [-0.2, 0) is 4.79 Å². The molecule has 0 saturated heterocycles. The van der Waals surface area contributed by atoms with Crippen LogP contribution in [0.15, 0.2) is 60.8 Å². The fourth-order valence-electron chi connectivity index (χ4n) is 3.22. The minimum absolute atomic E-state index is 0.0771. The van der Waals surface area contributed by atoms with E-state index in [1.54, 1.807) is 0 Å². The maximum Gasteiger partial charge on any atom is 0.223 e. The highest BCUT2D eigenvalue weighted by Gasteiger charge is 2.25. The third-order valence-electron chi connectivity index (χ3n) is 4.56. The van der Waals surface area contributed by atoms with Crippen molar-refractivity contribution >= 4 is 16.8 Å². The van der Waals surface area contributed by atoms with Crippen molar-refractivity contribution in [2.45, 2.75) is 32.2 Å². The zero-order valence-corrected chi connectivity index (χ0v) is 14.3. The molecule has 0 radical (unpaired) electrons. The topological polar surface area (TPSA) is 36.1 Å². The largest absolute Gasteiger partial charge is 0.361 e. The molecular weight excluding hydrogens is 296 g/mol. The smallest absolute Gasteiger partial charge is 0.223 e. The molecule has 0 aliphatic heterocycles. The lowest BCUT2D eigenvalue weighted by Gasteiger charge is -2.29. The quantitative estimate of drug-likeness (QED) is 0.688. The summed E-state index contributed by atoms with van der Waals surface area (Å²) in [6, 6.07) is 18.4. The number of fused-ring (bicyclic) bond motifs is 1. The van der Waals surface area contributed by atoms with Crippen LogP contribution in [0.3, 0.4) is 0 Å². The minimum atomic E-state index is -0.0771. The van der Waals surface area contributed by atoms with Gasteiger partial charge in [0.25, 0.3) is 0 Å². The lowest BCUT2D eigenvalue weighted by molar-refractivity contribution is -0.131. The molecule has 0 unspecified atom stereocenters. The van der Waals surface area contributed by atoms with E-state index in [9.17, 15) is 4.79 Å². The summed E-state index contributed by atoms with van der Waals surface area (Å²) in [5.74, 6) is 0.191. The predicted molar refractivity (Wildman–Crippen MR) is 98.9 cm³/mol. The van der Waals surface area contributed by atoms with Gasteiger partial charge in [-0.2, -0.15) is 0 Å². The van der Waals surface area contributed by atoms with Crippen LogP contribution in [0.2, 0.25) is 0 Å². The van der Waals surface area contributed by atoms with E-state index in [2.05, 4.69) is 36.2 Å². The number of H-pyrrole nitrogens is 1. The summed E-state index contributed by atoms with van der Waals surface area (Å²) in [4.78, 5) is 17.9. The van der Waals surface area contributed by atoms with E-state index in [0.717, 1.165) is 29.5 Å². The zero-order valence-electron chi connectivity index (χ0n) is 14.3. The molecule has 0 saturated carbocycles. The maximum absolute atomic E-state index is 12.7. The van der Waals surface area contributed by atoms with Gasteiger partial charge in [0.15, 0.2) is 0 Å². The molecule has 3 aromatic rings. The minimum Gasteiger partial charge on any atom is -0.361 e. The first-order valence-electron chi connectivity index (χ1n) is 8.59. The Balaban J connectivity index is 2.04. The molecule has 0 bridgehead atoms. The number of benzene rings is 2. The summed E-state index contributed by atoms with van der Waals surface area (Å²) in [6.45, 7) is 2.11. The molecule has 0 fully saturated rings. The van der Waals surface area contributed by atoms with Crippen LogP contribution in [0.4, 0.5) is 0 Å². The van der Waals surface area contributed by atoms with Crippen molar-refractivity contribution in [3.05, 3.63) is 71.9 Å². The number of nitrogens with zero attached hydrogens (tertiary/aromatic N) is 1. The lowest BCUT2D eigenvalue weighted by Crippen LogP contribution is -2.31. The number of para-hydroxylation sites is 1. The van der Waals surface area contributed by atoms with Crippen LogP contribution in [0, 0.1) is 0 Å². The molecule has 1 heterocycles. The lowest BCUT2D eigenvalue weighted by atomic mass is 9.96. The van der Waals surface area contributed by atoms with Crippen molar-refractivity contribution in [2.24, 2.45) is 0 Å². The van der Waals surface area contributed by atoms with Crippen LogP contribution < -0.4 is 0 Å². The molecule has 1 N–H and O–H groups in total. The highest BCUT2D eigenvalue weighted by Crippen LogP contribution is 2.33. The average molecular weight is 320 g/mol. The van der Waals surface area contributed by atoms with Crippen LogP contribution in [0.25, 0.3) is 10.9 Å². The second kappa shape index (κ2) is 7.35. The van der Waals surface area contributed by atoms with Crippen LogP contribution in [0.1, 0.15) is 43.4 Å². The summed E-state index contributed by atoms with van der Waals surface area (Å²) in [5, 5.41) is 1.17. The Hall–Kier alpha value is -2.55. The second-order valence-corrected chi connectivity index (χ2v) is 6.21. The number of aromatic amines is 1. The second-order valence-electron chi connectivity index (χ2n) is 6.21. The Morgan fingerprint density at radius 1 is 1.08 bits per heavy atom. The summed E-state index contributed by atoms with van der Waals surface area (Å²) >= 11 is 0. The maximum atomic E-state index is 12.7. The number of unbranched alkanes of at least 4 members (excludes halogenated alkanes) is 1. The van der Waals surface area contributed by atoms with E-state index < -0.39 is 0 Å². The fraction of sp³-hybridized carbons (Fsp3) is 0.286. The number of hydrogen-bond acceptors (Lipinski definition) is 1. The van der Waals surface area contributed by atoms with Gasteiger partial charge in [-0.3, -0.25) is 4.79 Å². The number of aromatic nitrogens is 1. The van der Waals surface area contributed by atoms with E-state index in [1.165, 1.54) is 5.39 Å². The summed E-state index contributed by atoms with van der Waals surface area (Å²) in [7, 11) is 1.91. The number of carbonyl (C=O) groups is 1. The Morgan fingerprint density at radius 2 is 1.79 bits per heavy atom. The molecule has 0 spiro atoms. The standard InChI is InChI=1S/C21H24N2O/c1-3-4-14-20(24)23(2)21(16-10-6-5-7-11-16)18-15-22-19-13-9-8-12-17(18)19/h5-13,15,21-22H,3-4,14H2,1-2H3/t21-/m1/s1. The van der Waals surface area contributed by atoms with Gasteiger partial charge >= 0.3 is 0 Å². The van der Waals surface area contributed by atoms with Gasteiger partial charge in [0.2, 0.25) is 5.91 Å². The number of carbonyl (C=O) groups excluding carboxylic acids is 1. The normalized spacial score (nSPS) is 12.2. The molecule has 24 heavy (non-hydrogen) atoms. The van der Waals surface area contributed by atoms with Gasteiger partial charge in [-0.05, 0) is 18.1 Å². The van der Waals surface area contributed by atoms with E-state index in [1.807, 2.05) is 48.5 Å². The summed E-state index contributed by atoms with van der Waals surface area (Å²) in [5.41, 5.74) is 3.38. The van der Waals surface area contributed by atoms with E-state index in [4.69, 9.17) is 0 Å². The van der Waals surface area contributed by atoms with Crippen molar-refractivity contribution in [3.8, 4) is 0 Å². The Kier molecular flexibility index (Phi) is 4.99. The molecule has 1 atom stereocenters. The molecule has 3 nitrogen and oxygen atoms in total. The molecule has 3 heteroatoms. The number of nitrogens with one attached hydrogen (secondary N) is 1. The Labute approximate surface area is 143 Å². The fourth-order valence-corrected chi connectivity index (χ4v) is 3.22. The molecule has 3 rings (SSSR count). The van der Waals surface area contributed by atoms with Crippen LogP contribution >= 0.6 is 0 Å². The van der Waals surface area contributed by atoms with Crippen molar-refractivity contribution in [1.29, 1.82) is 0 Å². The molecule has 2 aromatic carbocycles. The first-order valence-corrected chi connectivity index (χ1v) is 8.59. The highest BCUT2D eigenvalue weighted by atomic mass is 16.2. The SMILES string of the molecule is CCCCC(=O)N(C)[C@H](c1ccccc1)c1c[nH]c2ccccc12. The van der Waals surface area contributed by atoms with Crippen molar-refractivity contribution < 1.29 is 4.79 Å². The Bertz CT molecular complexity index is 807. The number of hydrogen-bond donors (Lipinski definition) is 1. The van der Waals surface area contributed by atoms with Gasteiger partial charge in [-0.1, -0.05) is 61.9 Å². The van der Waals surface area contributed by atoms with Gasteiger partial charge in [0, 0.05) is 36.1 Å². The molecule has 0 aliphatic carbocycles. The highest BCUT2D eigenvalue weighted by molar-refractivity contribution is 5.85. The zero-order chi connectivity index (χ0) is 16.9. The van der Waals surface area contributed by atoms with Crippen molar-refractivity contribution in [3.63, 3.8) is 0 Å². The van der Waals surface area contributed by atoms with Gasteiger partial charge < -0.3 is 9.88 Å².